The van der Waals surface area contributed by atoms with Crippen molar-refractivity contribution >= 4 is 33.4 Å². The first kappa shape index (κ1) is 17.5. The Morgan fingerprint density at radius 1 is 1.28 bits per heavy atom. The molecular formula is C17H20N2O5S. The van der Waals surface area contributed by atoms with Gasteiger partial charge in [-0.2, -0.15) is 4.99 Å². The van der Waals surface area contributed by atoms with Crippen molar-refractivity contribution in [3.05, 3.63) is 16.9 Å². The van der Waals surface area contributed by atoms with Crippen LogP contribution >= 0.6 is 11.3 Å². The normalized spacial score (nSPS) is 13.4. The van der Waals surface area contributed by atoms with Crippen molar-refractivity contribution in [1.82, 2.24) is 4.57 Å². The highest BCUT2D eigenvalue weighted by Crippen LogP contribution is 2.37. The monoisotopic (exact) mass is 364 g/mol. The predicted molar refractivity (Wildman–Crippen MR) is 92.7 cm³/mol. The third-order valence-electron chi connectivity index (χ3n) is 3.91. The summed E-state index contributed by atoms with van der Waals surface area (Å²) < 4.78 is 18.3. The number of hydrogen-bond acceptors (Lipinski definition) is 6. The summed E-state index contributed by atoms with van der Waals surface area (Å²) in [7, 11) is 1.36. The first-order valence-electron chi connectivity index (χ1n) is 8.19. The van der Waals surface area contributed by atoms with Gasteiger partial charge in [0.05, 0.1) is 23.7 Å². The minimum atomic E-state index is -0.309. The van der Waals surface area contributed by atoms with E-state index in [9.17, 15) is 9.59 Å². The number of ether oxygens (including phenoxy) is 3. The number of amides is 1. The molecule has 0 bridgehead atoms. The highest BCUT2D eigenvalue weighted by Gasteiger charge is 2.18. The van der Waals surface area contributed by atoms with Crippen LogP contribution in [0, 0.1) is 0 Å². The Bertz CT molecular complexity index is 868. The molecule has 0 aliphatic carbocycles. The quantitative estimate of drug-likeness (QED) is 0.736. The van der Waals surface area contributed by atoms with Crippen LogP contribution in [0.1, 0.15) is 32.6 Å². The van der Waals surface area contributed by atoms with Crippen molar-refractivity contribution in [2.75, 3.05) is 13.9 Å². The summed E-state index contributed by atoms with van der Waals surface area (Å²) in [6, 6.07) is 3.74. The van der Waals surface area contributed by atoms with E-state index in [2.05, 4.69) is 4.99 Å². The summed E-state index contributed by atoms with van der Waals surface area (Å²) in [5.74, 6) is 0.870. The molecule has 2 aromatic rings. The van der Waals surface area contributed by atoms with Gasteiger partial charge in [0, 0.05) is 25.1 Å². The van der Waals surface area contributed by atoms with Crippen LogP contribution in [0.2, 0.25) is 0 Å². The number of rotatable bonds is 6. The first-order chi connectivity index (χ1) is 12.1. The van der Waals surface area contributed by atoms with Crippen LogP contribution < -0.4 is 14.3 Å². The Balaban J connectivity index is 2.03. The lowest BCUT2D eigenvalue weighted by molar-refractivity contribution is -0.140. The van der Waals surface area contributed by atoms with Crippen LogP contribution in [0.5, 0.6) is 11.5 Å². The molecule has 0 unspecified atom stereocenters. The van der Waals surface area contributed by atoms with Crippen LogP contribution in [-0.4, -0.2) is 30.3 Å². The molecule has 0 fully saturated rings. The number of unbranched alkanes of at least 4 members (excludes halogenated alkanes) is 1. The molecule has 134 valence electrons. The van der Waals surface area contributed by atoms with Crippen LogP contribution in [-0.2, 0) is 20.9 Å². The maximum absolute atomic E-state index is 12.1. The lowest BCUT2D eigenvalue weighted by Crippen LogP contribution is -2.19. The van der Waals surface area contributed by atoms with E-state index in [4.69, 9.17) is 14.2 Å². The van der Waals surface area contributed by atoms with Gasteiger partial charge in [0.25, 0.3) is 0 Å². The van der Waals surface area contributed by atoms with E-state index in [-0.39, 0.29) is 25.1 Å². The maximum Gasteiger partial charge on any atom is 0.307 e. The second kappa shape index (κ2) is 7.69. The zero-order valence-corrected chi connectivity index (χ0v) is 15.1. The average molecular weight is 364 g/mol. The fourth-order valence-corrected chi connectivity index (χ4v) is 3.64. The summed E-state index contributed by atoms with van der Waals surface area (Å²) in [6.07, 6.45) is 2.38. The number of carbonyl (C=O) groups excluding carboxylic acids is 2. The van der Waals surface area contributed by atoms with Gasteiger partial charge in [0.15, 0.2) is 16.3 Å². The number of benzene rings is 1. The number of carbonyl (C=O) groups is 2. The van der Waals surface area contributed by atoms with Gasteiger partial charge in [0.1, 0.15) is 0 Å². The molecule has 2 heterocycles. The molecule has 1 aromatic heterocycles. The van der Waals surface area contributed by atoms with Crippen LogP contribution in [0.3, 0.4) is 0 Å². The molecule has 0 N–H and O–H groups in total. The zero-order chi connectivity index (χ0) is 17.8. The summed E-state index contributed by atoms with van der Waals surface area (Å²) in [5.41, 5.74) is 0.861. The minimum Gasteiger partial charge on any atom is -0.469 e. The zero-order valence-electron chi connectivity index (χ0n) is 14.2. The summed E-state index contributed by atoms with van der Waals surface area (Å²) in [5, 5.41) is 0. The van der Waals surface area contributed by atoms with E-state index >= 15 is 0 Å². The highest BCUT2D eigenvalue weighted by atomic mass is 32.1. The molecule has 7 nitrogen and oxygen atoms in total. The highest BCUT2D eigenvalue weighted by molar-refractivity contribution is 7.16. The Hall–Kier alpha value is -2.35. The molecule has 1 aromatic carbocycles. The van der Waals surface area contributed by atoms with Crippen molar-refractivity contribution in [1.29, 1.82) is 0 Å². The SMILES string of the molecule is CCCCC(=O)N=c1sc2cc3c(cc2n1CCC(=O)OC)OCO3. The van der Waals surface area contributed by atoms with Crippen LogP contribution in [0.4, 0.5) is 0 Å². The molecule has 1 aliphatic rings. The maximum atomic E-state index is 12.1. The lowest BCUT2D eigenvalue weighted by atomic mass is 10.2. The predicted octanol–water partition coefficient (Wildman–Crippen LogP) is 2.61. The minimum absolute atomic E-state index is 0.153. The van der Waals surface area contributed by atoms with Crippen molar-refractivity contribution in [2.24, 2.45) is 4.99 Å². The smallest absolute Gasteiger partial charge is 0.307 e. The number of methoxy groups -OCH3 is 1. The molecule has 0 spiro atoms. The fraction of sp³-hybridized carbons (Fsp3) is 0.471. The molecule has 0 radical (unpaired) electrons. The van der Waals surface area contributed by atoms with E-state index in [1.54, 1.807) is 0 Å². The van der Waals surface area contributed by atoms with Gasteiger partial charge < -0.3 is 18.8 Å². The second-order valence-electron chi connectivity index (χ2n) is 5.64. The first-order valence-corrected chi connectivity index (χ1v) is 9.01. The second-order valence-corrected chi connectivity index (χ2v) is 6.65. The molecular weight excluding hydrogens is 344 g/mol. The molecule has 0 saturated heterocycles. The fourth-order valence-electron chi connectivity index (χ4n) is 2.56. The largest absolute Gasteiger partial charge is 0.469 e. The van der Waals surface area contributed by atoms with E-state index in [0.717, 1.165) is 23.1 Å². The summed E-state index contributed by atoms with van der Waals surface area (Å²) in [6.45, 7) is 2.61. The van der Waals surface area contributed by atoms with Crippen molar-refractivity contribution < 1.29 is 23.8 Å². The van der Waals surface area contributed by atoms with E-state index in [1.807, 2.05) is 23.6 Å². The topological polar surface area (TPSA) is 79.1 Å². The number of aryl methyl sites for hydroxylation is 1. The van der Waals surface area contributed by atoms with Crippen molar-refractivity contribution in [3.8, 4) is 11.5 Å². The number of hydrogen-bond donors (Lipinski definition) is 0. The Labute approximate surface area is 148 Å². The molecule has 8 heteroatoms. The molecule has 3 rings (SSSR count). The van der Waals surface area contributed by atoms with Crippen molar-refractivity contribution in [3.63, 3.8) is 0 Å². The summed E-state index contributed by atoms with van der Waals surface area (Å²) in [4.78, 5) is 28.4. The number of nitrogens with zero attached hydrogens (tertiary/aromatic N) is 2. The van der Waals surface area contributed by atoms with Crippen molar-refractivity contribution in [2.45, 2.75) is 39.2 Å². The van der Waals surface area contributed by atoms with Gasteiger partial charge in [-0.1, -0.05) is 24.7 Å². The third-order valence-corrected chi connectivity index (χ3v) is 4.95. The number of thiazole rings is 1. The van der Waals surface area contributed by atoms with Gasteiger partial charge in [-0.15, -0.1) is 0 Å². The lowest BCUT2D eigenvalue weighted by Gasteiger charge is -2.05. The molecule has 1 amide bonds. The Morgan fingerprint density at radius 2 is 2.04 bits per heavy atom. The average Bonchev–Trinajstić information content (AvgIpc) is 3.19. The van der Waals surface area contributed by atoms with Gasteiger partial charge in [-0.05, 0) is 6.42 Å². The molecule has 25 heavy (non-hydrogen) atoms. The van der Waals surface area contributed by atoms with Crippen LogP contribution in [0.15, 0.2) is 17.1 Å². The molecule has 0 atom stereocenters. The van der Waals surface area contributed by atoms with E-state index in [0.29, 0.717) is 29.3 Å². The van der Waals surface area contributed by atoms with Crippen LogP contribution in [0.25, 0.3) is 10.2 Å². The Kier molecular flexibility index (Phi) is 5.37. The molecule has 1 aliphatic heterocycles. The molecule has 0 saturated carbocycles. The number of esters is 1. The van der Waals surface area contributed by atoms with Gasteiger partial charge in [0.2, 0.25) is 12.7 Å². The number of aromatic nitrogens is 1. The van der Waals surface area contributed by atoms with Gasteiger partial charge in [-0.25, -0.2) is 0 Å². The van der Waals surface area contributed by atoms with E-state index in [1.165, 1.54) is 18.4 Å². The standard InChI is InChI=1S/C17H20N2O5S/c1-3-4-5-15(20)18-17-19(7-6-16(21)22-2)11-8-12-13(24-10-23-12)9-14(11)25-17/h8-9H,3-7,10H2,1-2H3. The third kappa shape index (κ3) is 3.84. The van der Waals surface area contributed by atoms with Gasteiger partial charge in [-0.3, -0.25) is 9.59 Å². The number of fused-ring (bicyclic) bond motifs is 2. The van der Waals surface area contributed by atoms with Gasteiger partial charge >= 0.3 is 5.97 Å². The summed E-state index contributed by atoms with van der Waals surface area (Å²) >= 11 is 1.40. The van der Waals surface area contributed by atoms with E-state index < -0.39 is 0 Å². The Morgan fingerprint density at radius 3 is 2.76 bits per heavy atom.